The number of fused-ring (bicyclic) bond motifs is 6. The molecule has 46 heavy (non-hydrogen) atoms. The summed E-state index contributed by atoms with van der Waals surface area (Å²) in [4.78, 5) is 38.1. The number of rotatable bonds is 9. The minimum atomic E-state index is -1.55. The van der Waals surface area contributed by atoms with Gasteiger partial charge in [-0.1, -0.05) is 56.1 Å². The number of aromatic nitrogens is 2. The smallest absolute Gasteiger partial charge is 0.306 e. The molecule has 0 aliphatic heterocycles. The van der Waals surface area contributed by atoms with Gasteiger partial charge in [-0.15, -0.1) is 11.6 Å². The number of hydrogen-bond acceptors (Lipinski definition) is 8. The predicted octanol–water partition coefficient (Wildman–Crippen LogP) is 6.39. The zero-order valence-corrected chi connectivity index (χ0v) is 29.6. The van der Waals surface area contributed by atoms with Crippen LogP contribution in [0.5, 0.6) is 0 Å². The van der Waals surface area contributed by atoms with E-state index in [0.29, 0.717) is 24.7 Å². The number of carbonyl (C=O) groups excluding carboxylic acids is 3. The number of nitrogens with zero attached hydrogens (tertiary/aromatic N) is 2. The molecule has 0 aromatic carbocycles. The summed E-state index contributed by atoms with van der Waals surface area (Å²) in [5.74, 6) is -0.337. The van der Waals surface area contributed by atoms with Crippen LogP contribution in [0.25, 0.3) is 6.08 Å². The number of furan rings is 1. The minimum absolute atomic E-state index is 0.0997. The number of allylic oxidation sites excluding steroid dienone is 1. The second-order valence-electron chi connectivity index (χ2n) is 14.2. The van der Waals surface area contributed by atoms with Crippen molar-refractivity contribution in [3.05, 3.63) is 46.7 Å². The average molecular weight is 720 g/mol. The Balaban J connectivity index is 1.35. The number of aliphatic hydroxyl groups is 1. The molecule has 2 heterocycles. The SMILES string of the molecule is CCC(=O)OCC(=O)[C@]1(OC(=O)CC)[C@@H](C)C[C@H]2[C@@H]3CCC4=Cc5c(cnn5Cc5ccc(CBr)o5)C[C@]4(C)[C@@]3(Cl)[C@@H](O)C[C@@]21C. The van der Waals surface area contributed by atoms with Crippen LogP contribution in [0.15, 0.2) is 28.3 Å². The molecule has 0 spiro atoms. The van der Waals surface area contributed by atoms with E-state index in [0.717, 1.165) is 35.6 Å². The third-order valence-corrected chi connectivity index (χ3v) is 13.5. The highest BCUT2D eigenvalue weighted by molar-refractivity contribution is 9.08. The molecule has 11 heteroatoms. The average Bonchev–Trinajstić information content (AvgIpc) is 3.71. The van der Waals surface area contributed by atoms with E-state index in [2.05, 4.69) is 28.9 Å². The topological polar surface area (TPSA) is 121 Å². The molecule has 4 aliphatic carbocycles. The Bertz CT molecular complexity index is 1580. The molecule has 3 fully saturated rings. The van der Waals surface area contributed by atoms with Crippen LogP contribution >= 0.6 is 27.5 Å². The molecule has 1 N–H and O–H groups in total. The van der Waals surface area contributed by atoms with Gasteiger partial charge in [0.05, 0.1) is 34.7 Å². The number of alkyl halides is 2. The van der Waals surface area contributed by atoms with E-state index in [1.807, 2.05) is 36.9 Å². The number of esters is 2. The minimum Gasteiger partial charge on any atom is -0.463 e. The van der Waals surface area contributed by atoms with Crippen molar-refractivity contribution >= 4 is 51.3 Å². The summed E-state index contributed by atoms with van der Waals surface area (Å²) in [5, 5.41) is 17.6. The Morgan fingerprint density at radius 3 is 2.54 bits per heavy atom. The Labute approximate surface area is 283 Å². The lowest BCUT2D eigenvalue weighted by atomic mass is 9.44. The molecule has 0 bridgehead atoms. The molecule has 6 rings (SSSR count). The van der Waals surface area contributed by atoms with Gasteiger partial charge in [-0.05, 0) is 67.7 Å². The van der Waals surface area contributed by atoms with Crippen LogP contribution in [0.2, 0.25) is 0 Å². The van der Waals surface area contributed by atoms with Crippen LogP contribution in [0.3, 0.4) is 0 Å². The normalized spacial score (nSPS) is 36.1. The number of carbonyl (C=O) groups is 3. The number of ether oxygens (including phenoxy) is 2. The van der Waals surface area contributed by atoms with E-state index >= 15 is 0 Å². The Kier molecular flexibility index (Phi) is 8.67. The number of halogens is 2. The predicted molar refractivity (Wildman–Crippen MR) is 175 cm³/mol. The van der Waals surface area contributed by atoms with Crippen molar-refractivity contribution < 1.29 is 33.4 Å². The highest BCUT2D eigenvalue weighted by atomic mass is 79.9. The molecule has 0 amide bonds. The highest BCUT2D eigenvalue weighted by Crippen LogP contribution is 2.72. The van der Waals surface area contributed by atoms with E-state index in [-0.39, 0.29) is 37.0 Å². The first kappa shape index (κ1) is 33.5. The first-order valence-electron chi connectivity index (χ1n) is 16.5. The Morgan fingerprint density at radius 2 is 1.87 bits per heavy atom. The van der Waals surface area contributed by atoms with Gasteiger partial charge in [0.2, 0.25) is 5.78 Å². The van der Waals surface area contributed by atoms with Crippen LogP contribution < -0.4 is 0 Å². The highest BCUT2D eigenvalue weighted by Gasteiger charge is 2.76. The van der Waals surface area contributed by atoms with E-state index in [1.54, 1.807) is 13.8 Å². The first-order chi connectivity index (χ1) is 21.8. The molecule has 3 saturated carbocycles. The van der Waals surface area contributed by atoms with E-state index in [1.165, 1.54) is 5.57 Å². The third-order valence-electron chi connectivity index (χ3n) is 12.0. The van der Waals surface area contributed by atoms with Crippen LogP contribution in [0.1, 0.15) is 95.9 Å². The van der Waals surface area contributed by atoms with Gasteiger partial charge < -0.3 is 19.0 Å². The maximum Gasteiger partial charge on any atom is 0.306 e. The molecule has 8 atom stereocenters. The van der Waals surface area contributed by atoms with Gasteiger partial charge in [0, 0.05) is 29.6 Å². The lowest BCUT2D eigenvalue weighted by Crippen LogP contribution is -2.70. The number of ketones is 1. The molecule has 0 radical (unpaired) electrons. The largest absolute Gasteiger partial charge is 0.463 e. The van der Waals surface area contributed by atoms with Gasteiger partial charge in [-0.2, -0.15) is 5.10 Å². The van der Waals surface area contributed by atoms with Crippen molar-refractivity contribution in [3.63, 3.8) is 0 Å². The molecular weight excluding hydrogens is 676 g/mol. The maximum absolute atomic E-state index is 14.1. The molecule has 2 aromatic rings. The van der Waals surface area contributed by atoms with Crippen molar-refractivity contribution in [2.75, 3.05) is 6.61 Å². The fraction of sp³-hybridized carbons (Fsp3) is 0.657. The number of aliphatic hydroxyl groups excluding tert-OH is 1. The Hall–Kier alpha value is -2.43. The third kappa shape index (κ3) is 4.71. The monoisotopic (exact) mass is 718 g/mol. The zero-order chi connectivity index (χ0) is 33.2. The summed E-state index contributed by atoms with van der Waals surface area (Å²) in [6.07, 6.45) is 6.25. The van der Waals surface area contributed by atoms with Gasteiger partial charge >= 0.3 is 11.9 Å². The van der Waals surface area contributed by atoms with Crippen LogP contribution in [0.4, 0.5) is 0 Å². The van der Waals surface area contributed by atoms with Crippen LogP contribution in [-0.4, -0.2) is 55.8 Å². The van der Waals surface area contributed by atoms with Crippen molar-refractivity contribution in [1.82, 2.24) is 9.78 Å². The zero-order valence-electron chi connectivity index (χ0n) is 27.2. The number of hydrogen-bond donors (Lipinski definition) is 1. The lowest BCUT2D eigenvalue weighted by Gasteiger charge is -2.65. The maximum atomic E-state index is 14.1. The van der Waals surface area contributed by atoms with Gasteiger partial charge in [-0.25, -0.2) is 0 Å². The van der Waals surface area contributed by atoms with Gasteiger partial charge in [-0.3, -0.25) is 19.1 Å². The van der Waals surface area contributed by atoms with Gasteiger partial charge in [0.25, 0.3) is 0 Å². The lowest BCUT2D eigenvalue weighted by molar-refractivity contribution is -0.204. The van der Waals surface area contributed by atoms with E-state index in [9.17, 15) is 19.5 Å². The Morgan fingerprint density at radius 1 is 1.15 bits per heavy atom. The molecule has 9 nitrogen and oxygen atoms in total. The van der Waals surface area contributed by atoms with Crippen molar-refractivity contribution in [2.45, 2.75) is 108 Å². The second-order valence-corrected chi connectivity index (χ2v) is 15.4. The van der Waals surface area contributed by atoms with Gasteiger partial charge in [0.15, 0.2) is 12.2 Å². The summed E-state index contributed by atoms with van der Waals surface area (Å²) >= 11 is 11.3. The second kappa shape index (κ2) is 11.9. The molecule has 2 aromatic heterocycles. The summed E-state index contributed by atoms with van der Waals surface area (Å²) in [7, 11) is 0. The summed E-state index contributed by atoms with van der Waals surface area (Å²) in [5.41, 5.74) is 0.269. The van der Waals surface area contributed by atoms with Crippen LogP contribution in [0, 0.1) is 28.6 Å². The first-order valence-corrected chi connectivity index (χ1v) is 18.0. The molecule has 4 aliphatic rings. The van der Waals surface area contributed by atoms with Crippen molar-refractivity contribution in [2.24, 2.45) is 28.6 Å². The molecular formula is C35H44BrClN2O7. The van der Waals surface area contributed by atoms with Crippen molar-refractivity contribution in [3.8, 4) is 0 Å². The quantitative estimate of drug-likeness (QED) is 0.234. The summed E-state index contributed by atoms with van der Waals surface area (Å²) in [6.45, 7) is 9.46. The van der Waals surface area contributed by atoms with Crippen LogP contribution in [-0.2, 0) is 42.2 Å². The van der Waals surface area contributed by atoms with Crippen molar-refractivity contribution in [1.29, 1.82) is 0 Å². The summed E-state index contributed by atoms with van der Waals surface area (Å²) < 4.78 is 19.4. The standard InChI is InChI=1S/C35H44BrClN2O7/c1-6-30(42)44-19-29(41)35(46-31(43)7-2)20(3)12-26-25-11-8-22-13-27-21(17-38-39(27)18-24-10-9-23(16-36)45-24)14-32(22,4)34(25,37)28(40)15-33(26,35)5/h9-10,13,17,20,25-26,28,40H,6-8,11-12,14-16,18-19H2,1-5H3/t20-,25-,26-,28-,32-,33-,34-,35+/m0/s1. The fourth-order valence-electron chi connectivity index (χ4n) is 9.76. The van der Waals surface area contributed by atoms with Gasteiger partial charge in [0.1, 0.15) is 11.5 Å². The van der Waals surface area contributed by atoms with E-state index < -0.39 is 51.7 Å². The molecule has 0 unspecified atom stereocenters. The number of Topliss-reactive ketones (excluding diaryl/α,β-unsaturated/α-hetero) is 1. The summed E-state index contributed by atoms with van der Waals surface area (Å²) in [6, 6.07) is 3.93. The fourth-order valence-corrected chi connectivity index (χ4v) is 10.6. The molecule has 250 valence electrons. The van der Waals surface area contributed by atoms with E-state index in [4.69, 9.17) is 30.6 Å². The molecule has 0 saturated heterocycles.